The second kappa shape index (κ2) is 10.1. The van der Waals surface area contributed by atoms with Crippen LogP contribution in [0.1, 0.15) is 74.3 Å². The summed E-state index contributed by atoms with van der Waals surface area (Å²) in [5.41, 5.74) is 3.32. The molecule has 1 aliphatic carbocycles. The molecule has 4 heteroatoms. The molecule has 1 aliphatic heterocycles. The van der Waals surface area contributed by atoms with Crippen LogP contribution in [-0.4, -0.2) is 33.9 Å². The quantitative estimate of drug-likeness (QED) is 0.679. The molecule has 2 aliphatic rings. The summed E-state index contributed by atoms with van der Waals surface area (Å²) in [7, 11) is 0. The van der Waals surface area contributed by atoms with Crippen LogP contribution in [0.4, 0.5) is 0 Å². The molecule has 4 nitrogen and oxygen atoms in total. The highest BCUT2D eigenvalue weighted by molar-refractivity contribution is 5.40. The number of nitrogens with zero attached hydrogens (tertiary/aromatic N) is 1. The molecule has 1 unspecified atom stereocenters. The number of aliphatic hydroxyl groups is 2. The highest BCUT2D eigenvalue weighted by Crippen LogP contribution is 2.36. The highest BCUT2D eigenvalue weighted by Gasteiger charge is 2.25. The van der Waals surface area contributed by atoms with Gasteiger partial charge in [-0.05, 0) is 68.0 Å². The number of rotatable bonds is 4. The van der Waals surface area contributed by atoms with Crippen molar-refractivity contribution in [3.8, 4) is 17.6 Å². The largest absolute Gasteiger partial charge is 0.492 e. The molecule has 1 fully saturated rings. The van der Waals surface area contributed by atoms with E-state index in [2.05, 4.69) is 34.9 Å². The van der Waals surface area contributed by atoms with Crippen molar-refractivity contribution in [2.24, 2.45) is 5.92 Å². The molecule has 0 aromatic heterocycles. The standard InChI is InChI=1S/C28H35NO3/c1-28(2,31)15-14-21-8-10-22(11-9-21)19-29-16-17-32-26-13-12-24(18-25(26)20-29)27(30)23-6-4-3-5-7-23/h8-13,18,23,27,30-31H,3-7,16-17,19-20H2,1-2H3. The summed E-state index contributed by atoms with van der Waals surface area (Å²) >= 11 is 0. The van der Waals surface area contributed by atoms with Crippen molar-refractivity contribution >= 4 is 0 Å². The zero-order valence-corrected chi connectivity index (χ0v) is 19.3. The molecule has 2 aromatic carbocycles. The number of fused-ring (bicyclic) bond motifs is 1. The van der Waals surface area contributed by atoms with Gasteiger partial charge in [0.25, 0.3) is 0 Å². The SMILES string of the molecule is CC(C)(O)C#Cc1ccc(CN2CCOc3ccc(C(O)C4CCCCC4)cc3C2)cc1. The molecule has 0 saturated heterocycles. The van der Waals surface area contributed by atoms with Crippen LogP contribution in [0.3, 0.4) is 0 Å². The van der Waals surface area contributed by atoms with Gasteiger partial charge in [-0.3, -0.25) is 4.90 Å². The highest BCUT2D eigenvalue weighted by atomic mass is 16.5. The summed E-state index contributed by atoms with van der Waals surface area (Å²) in [6.45, 7) is 6.53. The van der Waals surface area contributed by atoms with E-state index in [9.17, 15) is 10.2 Å². The Morgan fingerprint density at radius 1 is 1.09 bits per heavy atom. The first-order valence-corrected chi connectivity index (χ1v) is 11.9. The summed E-state index contributed by atoms with van der Waals surface area (Å²) in [5, 5.41) is 20.7. The third kappa shape index (κ3) is 6.13. The van der Waals surface area contributed by atoms with E-state index in [0.717, 1.165) is 54.9 Å². The molecule has 2 aromatic rings. The van der Waals surface area contributed by atoms with Gasteiger partial charge in [0.1, 0.15) is 18.0 Å². The Bertz CT molecular complexity index is 959. The van der Waals surface area contributed by atoms with Crippen molar-refractivity contribution in [2.45, 2.75) is 70.7 Å². The maximum absolute atomic E-state index is 11.0. The Balaban J connectivity index is 1.44. The minimum absolute atomic E-state index is 0.377. The van der Waals surface area contributed by atoms with Gasteiger partial charge >= 0.3 is 0 Å². The molecule has 4 rings (SSSR count). The van der Waals surface area contributed by atoms with E-state index in [0.29, 0.717) is 12.5 Å². The molecule has 0 amide bonds. The van der Waals surface area contributed by atoms with Gasteiger partial charge < -0.3 is 14.9 Å². The molecular weight excluding hydrogens is 398 g/mol. The van der Waals surface area contributed by atoms with Crippen LogP contribution in [0.15, 0.2) is 42.5 Å². The van der Waals surface area contributed by atoms with Gasteiger partial charge in [-0.1, -0.05) is 49.3 Å². The lowest BCUT2D eigenvalue weighted by Gasteiger charge is -2.27. The van der Waals surface area contributed by atoms with Gasteiger partial charge in [-0.15, -0.1) is 0 Å². The summed E-state index contributed by atoms with van der Waals surface area (Å²) in [5.74, 6) is 7.19. The van der Waals surface area contributed by atoms with Crippen molar-refractivity contribution in [3.63, 3.8) is 0 Å². The zero-order chi connectivity index (χ0) is 22.6. The van der Waals surface area contributed by atoms with Crippen molar-refractivity contribution in [2.75, 3.05) is 13.2 Å². The van der Waals surface area contributed by atoms with Gasteiger partial charge in [0.15, 0.2) is 0 Å². The van der Waals surface area contributed by atoms with Crippen molar-refractivity contribution < 1.29 is 14.9 Å². The van der Waals surface area contributed by atoms with Crippen LogP contribution in [0.5, 0.6) is 5.75 Å². The minimum Gasteiger partial charge on any atom is -0.492 e. The maximum Gasteiger partial charge on any atom is 0.123 e. The number of aliphatic hydroxyl groups excluding tert-OH is 1. The Kier molecular flexibility index (Phi) is 7.20. The second-order valence-corrected chi connectivity index (χ2v) is 9.78. The lowest BCUT2D eigenvalue weighted by molar-refractivity contribution is 0.0847. The van der Waals surface area contributed by atoms with E-state index in [1.54, 1.807) is 13.8 Å². The van der Waals surface area contributed by atoms with Crippen LogP contribution in [-0.2, 0) is 13.1 Å². The fraction of sp³-hybridized carbons (Fsp3) is 0.500. The van der Waals surface area contributed by atoms with Gasteiger partial charge in [0.2, 0.25) is 0 Å². The smallest absolute Gasteiger partial charge is 0.123 e. The van der Waals surface area contributed by atoms with Crippen molar-refractivity contribution in [1.82, 2.24) is 4.90 Å². The first kappa shape index (κ1) is 22.9. The normalized spacial score (nSPS) is 18.6. The van der Waals surface area contributed by atoms with E-state index in [1.807, 2.05) is 24.3 Å². The van der Waals surface area contributed by atoms with Gasteiger partial charge in [-0.25, -0.2) is 0 Å². The molecule has 170 valence electrons. The predicted octanol–water partition coefficient (Wildman–Crippen LogP) is 4.82. The lowest BCUT2D eigenvalue weighted by Crippen LogP contribution is -2.25. The molecule has 0 radical (unpaired) electrons. The van der Waals surface area contributed by atoms with E-state index in [1.165, 1.54) is 24.8 Å². The Labute approximate surface area is 192 Å². The molecule has 32 heavy (non-hydrogen) atoms. The van der Waals surface area contributed by atoms with Crippen molar-refractivity contribution in [3.05, 3.63) is 64.7 Å². The van der Waals surface area contributed by atoms with Gasteiger partial charge in [0.05, 0.1) is 6.10 Å². The third-order valence-electron chi connectivity index (χ3n) is 6.45. The Hall–Kier alpha value is -2.32. The molecule has 1 heterocycles. The number of benzene rings is 2. The lowest BCUT2D eigenvalue weighted by atomic mass is 9.82. The average molecular weight is 434 g/mol. The Morgan fingerprint density at radius 3 is 2.56 bits per heavy atom. The molecule has 0 bridgehead atoms. The minimum atomic E-state index is -0.985. The molecular formula is C28H35NO3. The zero-order valence-electron chi connectivity index (χ0n) is 19.3. The Morgan fingerprint density at radius 2 is 1.84 bits per heavy atom. The van der Waals surface area contributed by atoms with Crippen LogP contribution in [0, 0.1) is 17.8 Å². The average Bonchev–Trinajstić information content (AvgIpc) is 2.99. The van der Waals surface area contributed by atoms with Gasteiger partial charge in [0, 0.05) is 30.8 Å². The number of hydrogen-bond acceptors (Lipinski definition) is 4. The maximum atomic E-state index is 11.0. The first-order chi connectivity index (χ1) is 15.4. The third-order valence-corrected chi connectivity index (χ3v) is 6.45. The van der Waals surface area contributed by atoms with E-state index < -0.39 is 5.60 Å². The topological polar surface area (TPSA) is 52.9 Å². The summed E-state index contributed by atoms with van der Waals surface area (Å²) in [4.78, 5) is 2.39. The molecule has 1 saturated carbocycles. The summed E-state index contributed by atoms with van der Waals surface area (Å²) in [6, 6.07) is 14.5. The monoisotopic (exact) mass is 433 g/mol. The number of ether oxygens (including phenoxy) is 1. The van der Waals surface area contributed by atoms with Crippen molar-refractivity contribution in [1.29, 1.82) is 0 Å². The molecule has 2 N–H and O–H groups in total. The second-order valence-electron chi connectivity index (χ2n) is 9.78. The van der Waals surface area contributed by atoms with Gasteiger partial charge in [-0.2, -0.15) is 0 Å². The number of hydrogen-bond donors (Lipinski definition) is 2. The summed E-state index contributed by atoms with van der Waals surface area (Å²) in [6.07, 6.45) is 5.61. The molecule has 1 atom stereocenters. The summed E-state index contributed by atoms with van der Waals surface area (Å²) < 4.78 is 6.01. The van der Waals surface area contributed by atoms with E-state index in [4.69, 9.17) is 4.74 Å². The van der Waals surface area contributed by atoms with Crippen LogP contribution < -0.4 is 4.74 Å². The predicted molar refractivity (Wildman–Crippen MR) is 127 cm³/mol. The van der Waals surface area contributed by atoms with Crippen LogP contribution >= 0.6 is 0 Å². The fourth-order valence-electron chi connectivity index (χ4n) is 4.69. The fourth-order valence-corrected chi connectivity index (χ4v) is 4.69. The van der Waals surface area contributed by atoms with Crippen LogP contribution in [0.25, 0.3) is 0 Å². The van der Waals surface area contributed by atoms with E-state index >= 15 is 0 Å². The first-order valence-electron chi connectivity index (χ1n) is 11.9. The van der Waals surface area contributed by atoms with E-state index in [-0.39, 0.29) is 6.10 Å². The van der Waals surface area contributed by atoms with Crippen LogP contribution in [0.2, 0.25) is 0 Å². The molecule has 0 spiro atoms.